The number of aliphatic hydroxyl groups is 1. The number of nitrogens with zero attached hydrogens (tertiary/aromatic N) is 2. The first-order valence-electron chi connectivity index (χ1n) is 12.2. The Morgan fingerprint density at radius 3 is 2.54 bits per heavy atom. The summed E-state index contributed by atoms with van der Waals surface area (Å²) in [5.74, 6) is 1.24. The molecule has 1 fully saturated rings. The molecular weight excluding hydrogens is 438 g/mol. The van der Waals surface area contributed by atoms with Gasteiger partial charge in [-0.05, 0) is 60.0 Å². The number of carbonyl (C=O) groups is 1. The van der Waals surface area contributed by atoms with Crippen molar-refractivity contribution < 1.29 is 14.6 Å². The van der Waals surface area contributed by atoms with Crippen molar-refractivity contribution in [3.8, 4) is 16.9 Å². The van der Waals surface area contributed by atoms with Gasteiger partial charge in [-0.1, -0.05) is 36.4 Å². The maximum atomic E-state index is 12.3. The zero-order valence-corrected chi connectivity index (χ0v) is 20.6. The standard InChI is InChI=1S/C29H33N3O3/c1-31(2)29(34)20-10-8-19(9-11-20)21-12-13-25-24(16-21)28-23(26(18-33)30-25)14-15-32(28)17-22-6-4-5-7-27(22)35-3/h4-13,16,23,26,28,30,33H,14-15,17-18H2,1-3H3/t23-,26-,28-/m1/s1. The average Bonchev–Trinajstić information content (AvgIpc) is 3.32. The number of methoxy groups -OCH3 is 1. The summed E-state index contributed by atoms with van der Waals surface area (Å²) in [7, 11) is 5.25. The van der Waals surface area contributed by atoms with Crippen LogP contribution in [0.4, 0.5) is 5.69 Å². The summed E-state index contributed by atoms with van der Waals surface area (Å²) in [5.41, 5.74) is 6.41. The lowest BCUT2D eigenvalue weighted by Crippen LogP contribution is -2.41. The molecule has 3 atom stereocenters. The Labute approximate surface area is 207 Å². The number of ether oxygens (including phenoxy) is 1. The summed E-state index contributed by atoms with van der Waals surface area (Å²) in [6.07, 6.45) is 1.03. The molecule has 0 saturated carbocycles. The van der Waals surface area contributed by atoms with Gasteiger partial charge < -0.3 is 20.1 Å². The second-order valence-corrected chi connectivity index (χ2v) is 9.69. The van der Waals surface area contributed by atoms with Crippen LogP contribution >= 0.6 is 0 Å². The number of hydrogen-bond acceptors (Lipinski definition) is 5. The number of fused-ring (bicyclic) bond motifs is 3. The van der Waals surface area contributed by atoms with Gasteiger partial charge in [0.2, 0.25) is 0 Å². The lowest BCUT2D eigenvalue weighted by Gasteiger charge is -2.39. The van der Waals surface area contributed by atoms with Gasteiger partial charge in [-0.15, -0.1) is 0 Å². The van der Waals surface area contributed by atoms with E-state index >= 15 is 0 Å². The Balaban J connectivity index is 1.49. The molecule has 182 valence electrons. The van der Waals surface area contributed by atoms with Crippen LogP contribution < -0.4 is 10.1 Å². The highest BCUT2D eigenvalue weighted by molar-refractivity contribution is 5.94. The quantitative estimate of drug-likeness (QED) is 0.558. The third-order valence-corrected chi connectivity index (χ3v) is 7.41. The normalized spacial score (nSPS) is 21.1. The number of likely N-dealkylation sites (tertiary alicyclic amines) is 1. The molecule has 1 saturated heterocycles. The van der Waals surface area contributed by atoms with Crippen molar-refractivity contribution in [2.75, 3.05) is 39.7 Å². The first-order valence-corrected chi connectivity index (χ1v) is 12.2. The van der Waals surface area contributed by atoms with Crippen LogP contribution in [-0.2, 0) is 6.54 Å². The van der Waals surface area contributed by atoms with E-state index in [9.17, 15) is 9.90 Å². The van der Waals surface area contributed by atoms with Gasteiger partial charge in [0.1, 0.15) is 5.75 Å². The van der Waals surface area contributed by atoms with Gasteiger partial charge in [-0.3, -0.25) is 9.69 Å². The molecular formula is C29H33N3O3. The minimum Gasteiger partial charge on any atom is -0.496 e. The maximum absolute atomic E-state index is 12.3. The molecule has 0 radical (unpaired) electrons. The lowest BCUT2D eigenvalue weighted by molar-refractivity contribution is 0.0827. The first-order chi connectivity index (χ1) is 17.0. The van der Waals surface area contributed by atoms with Gasteiger partial charge in [0.05, 0.1) is 19.8 Å². The molecule has 0 aromatic heterocycles. The highest BCUT2D eigenvalue weighted by Crippen LogP contribution is 2.48. The Bertz CT molecular complexity index is 1210. The predicted molar refractivity (Wildman–Crippen MR) is 139 cm³/mol. The number of para-hydroxylation sites is 1. The second-order valence-electron chi connectivity index (χ2n) is 9.69. The molecule has 35 heavy (non-hydrogen) atoms. The Kier molecular flexibility index (Phi) is 6.50. The Morgan fingerprint density at radius 1 is 1.09 bits per heavy atom. The van der Waals surface area contributed by atoms with Crippen LogP contribution in [0.5, 0.6) is 5.75 Å². The third kappa shape index (κ3) is 4.40. The summed E-state index contributed by atoms with van der Waals surface area (Å²) < 4.78 is 5.62. The van der Waals surface area contributed by atoms with Crippen molar-refractivity contribution in [2.45, 2.75) is 25.0 Å². The van der Waals surface area contributed by atoms with Gasteiger partial charge in [-0.2, -0.15) is 0 Å². The number of rotatable bonds is 6. The molecule has 3 aromatic rings. The van der Waals surface area contributed by atoms with Gasteiger partial charge >= 0.3 is 0 Å². The van der Waals surface area contributed by atoms with Crippen LogP contribution in [0.2, 0.25) is 0 Å². The van der Waals surface area contributed by atoms with Crippen LogP contribution in [0.1, 0.15) is 33.9 Å². The van der Waals surface area contributed by atoms with Crippen LogP contribution in [-0.4, -0.2) is 61.2 Å². The average molecular weight is 472 g/mol. The fourth-order valence-corrected chi connectivity index (χ4v) is 5.63. The van der Waals surface area contributed by atoms with Gasteiger partial charge in [0.25, 0.3) is 5.91 Å². The topological polar surface area (TPSA) is 65.0 Å². The molecule has 3 aromatic carbocycles. The van der Waals surface area contributed by atoms with E-state index in [4.69, 9.17) is 4.74 Å². The number of hydrogen-bond donors (Lipinski definition) is 2. The molecule has 2 aliphatic rings. The lowest BCUT2D eigenvalue weighted by atomic mass is 9.82. The number of amides is 1. The Hall–Kier alpha value is -3.35. The monoisotopic (exact) mass is 471 g/mol. The smallest absolute Gasteiger partial charge is 0.253 e. The van der Waals surface area contributed by atoms with Crippen molar-refractivity contribution >= 4 is 11.6 Å². The van der Waals surface area contributed by atoms with E-state index in [0.29, 0.717) is 11.5 Å². The molecule has 0 aliphatic carbocycles. The van der Waals surface area contributed by atoms with Crippen molar-refractivity contribution in [1.29, 1.82) is 0 Å². The number of carbonyl (C=O) groups excluding carboxylic acids is 1. The minimum absolute atomic E-state index is 0.00187. The highest BCUT2D eigenvalue weighted by atomic mass is 16.5. The number of benzene rings is 3. The van der Waals surface area contributed by atoms with E-state index in [1.54, 1.807) is 26.1 Å². The van der Waals surface area contributed by atoms with Gasteiger partial charge in [0.15, 0.2) is 0 Å². The van der Waals surface area contributed by atoms with Gasteiger partial charge in [0, 0.05) is 49.4 Å². The summed E-state index contributed by atoms with van der Waals surface area (Å²) in [5, 5.41) is 13.7. The molecule has 2 heterocycles. The predicted octanol–water partition coefficient (Wildman–Crippen LogP) is 4.41. The molecule has 5 rings (SSSR count). The molecule has 6 heteroatoms. The van der Waals surface area contributed by atoms with Crippen LogP contribution in [0.15, 0.2) is 66.7 Å². The minimum atomic E-state index is 0.00187. The Morgan fingerprint density at radius 2 is 1.83 bits per heavy atom. The zero-order chi connectivity index (χ0) is 24.5. The fourth-order valence-electron chi connectivity index (χ4n) is 5.63. The SMILES string of the molecule is COc1ccccc1CN1CC[C@@H]2[C@@H](CO)Nc3ccc(-c4ccc(C(=O)N(C)C)cc4)cc3[C@@H]21. The molecule has 0 unspecified atom stereocenters. The largest absolute Gasteiger partial charge is 0.496 e. The van der Waals surface area contributed by atoms with E-state index < -0.39 is 0 Å². The zero-order valence-electron chi connectivity index (χ0n) is 20.6. The van der Waals surface area contributed by atoms with Gasteiger partial charge in [-0.25, -0.2) is 0 Å². The maximum Gasteiger partial charge on any atom is 0.253 e. The van der Waals surface area contributed by atoms with Crippen LogP contribution in [0.3, 0.4) is 0 Å². The van der Waals surface area contributed by atoms with E-state index in [1.165, 1.54) is 11.1 Å². The second kappa shape index (κ2) is 9.72. The summed E-state index contributed by atoms with van der Waals surface area (Å²) in [6, 6.07) is 22.8. The third-order valence-electron chi connectivity index (χ3n) is 7.41. The first kappa shape index (κ1) is 23.4. The van der Waals surface area contributed by atoms with E-state index in [1.807, 2.05) is 36.4 Å². The fraction of sp³-hybridized carbons (Fsp3) is 0.345. The van der Waals surface area contributed by atoms with E-state index in [-0.39, 0.29) is 24.6 Å². The molecule has 2 aliphatic heterocycles. The number of nitrogens with one attached hydrogen (secondary N) is 1. The summed E-state index contributed by atoms with van der Waals surface area (Å²) in [4.78, 5) is 16.4. The molecule has 2 N–H and O–H groups in total. The summed E-state index contributed by atoms with van der Waals surface area (Å²) in [6.45, 7) is 1.89. The van der Waals surface area contributed by atoms with E-state index in [2.05, 4.69) is 40.5 Å². The molecule has 0 spiro atoms. The molecule has 1 amide bonds. The van der Waals surface area contributed by atoms with Crippen molar-refractivity contribution in [3.05, 3.63) is 83.4 Å². The van der Waals surface area contributed by atoms with Crippen LogP contribution in [0, 0.1) is 5.92 Å². The number of anilines is 1. The molecule has 0 bridgehead atoms. The molecule has 6 nitrogen and oxygen atoms in total. The van der Waals surface area contributed by atoms with Crippen molar-refractivity contribution in [2.24, 2.45) is 5.92 Å². The van der Waals surface area contributed by atoms with Crippen molar-refractivity contribution in [3.63, 3.8) is 0 Å². The van der Waals surface area contributed by atoms with Crippen LogP contribution in [0.25, 0.3) is 11.1 Å². The summed E-state index contributed by atoms with van der Waals surface area (Å²) >= 11 is 0. The highest BCUT2D eigenvalue weighted by Gasteiger charge is 2.44. The van der Waals surface area contributed by atoms with E-state index in [0.717, 1.165) is 42.1 Å². The van der Waals surface area contributed by atoms with Crippen molar-refractivity contribution in [1.82, 2.24) is 9.80 Å². The number of aliphatic hydroxyl groups excluding tert-OH is 1.